The SMILES string of the molecule is COC(=O)c1ncoc1-c1nc(-c2ccc(Cl)cc2)oc1N1CCOCC1. The van der Waals surface area contributed by atoms with E-state index in [1.807, 2.05) is 17.0 Å². The van der Waals surface area contributed by atoms with E-state index >= 15 is 0 Å². The third-order valence-corrected chi connectivity index (χ3v) is 4.41. The molecule has 0 unspecified atom stereocenters. The Balaban J connectivity index is 1.82. The molecule has 8 nitrogen and oxygen atoms in total. The summed E-state index contributed by atoms with van der Waals surface area (Å²) >= 11 is 5.96. The highest BCUT2D eigenvalue weighted by molar-refractivity contribution is 6.30. The summed E-state index contributed by atoms with van der Waals surface area (Å²) in [7, 11) is 1.28. The van der Waals surface area contributed by atoms with Gasteiger partial charge in [0.25, 0.3) is 0 Å². The van der Waals surface area contributed by atoms with Gasteiger partial charge < -0.3 is 23.2 Å². The van der Waals surface area contributed by atoms with Gasteiger partial charge in [-0.1, -0.05) is 11.6 Å². The molecule has 0 saturated carbocycles. The number of ether oxygens (including phenoxy) is 2. The number of esters is 1. The number of nitrogens with zero attached hydrogens (tertiary/aromatic N) is 3. The first-order valence-electron chi connectivity index (χ1n) is 8.29. The van der Waals surface area contributed by atoms with Gasteiger partial charge in [0.15, 0.2) is 23.5 Å². The maximum atomic E-state index is 12.0. The lowest BCUT2D eigenvalue weighted by atomic mass is 10.2. The number of halogens is 1. The first-order chi connectivity index (χ1) is 13.2. The molecule has 1 aliphatic rings. The summed E-state index contributed by atoms with van der Waals surface area (Å²) in [6.45, 7) is 2.39. The summed E-state index contributed by atoms with van der Waals surface area (Å²) in [4.78, 5) is 22.5. The number of oxazole rings is 2. The first kappa shape index (κ1) is 17.6. The zero-order valence-corrected chi connectivity index (χ0v) is 15.2. The van der Waals surface area contributed by atoms with E-state index in [0.717, 1.165) is 5.56 Å². The third-order valence-electron chi connectivity index (χ3n) is 4.16. The normalized spacial score (nSPS) is 14.4. The Kier molecular flexibility index (Phi) is 4.83. The van der Waals surface area contributed by atoms with Gasteiger partial charge in [0.05, 0.1) is 20.3 Å². The largest absolute Gasteiger partial charge is 0.464 e. The molecular formula is C18H16ClN3O5. The van der Waals surface area contributed by atoms with Gasteiger partial charge in [-0.2, -0.15) is 0 Å². The van der Waals surface area contributed by atoms with Gasteiger partial charge >= 0.3 is 5.97 Å². The average Bonchev–Trinajstić information content (AvgIpc) is 3.35. The Hall–Kier alpha value is -2.84. The molecule has 0 spiro atoms. The van der Waals surface area contributed by atoms with Crippen molar-refractivity contribution in [2.45, 2.75) is 0 Å². The topological polar surface area (TPSA) is 90.8 Å². The molecule has 0 bridgehead atoms. The number of methoxy groups -OCH3 is 1. The molecule has 0 N–H and O–H groups in total. The molecule has 0 radical (unpaired) electrons. The van der Waals surface area contributed by atoms with Gasteiger partial charge in [-0.15, -0.1) is 0 Å². The molecule has 3 aromatic rings. The van der Waals surface area contributed by atoms with Gasteiger partial charge in [0.2, 0.25) is 11.8 Å². The van der Waals surface area contributed by atoms with Crippen LogP contribution in [0.5, 0.6) is 0 Å². The number of carbonyl (C=O) groups excluding carboxylic acids is 1. The third kappa shape index (κ3) is 3.41. The Labute approximate surface area is 159 Å². The van der Waals surface area contributed by atoms with Crippen molar-refractivity contribution in [1.82, 2.24) is 9.97 Å². The van der Waals surface area contributed by atoms with Gasteiger partial charge in [0, 0.05) is 23.7 Å². The quantitative estimate of drug-likeness (QED) is 0.628. The first-order valence-corrected chi connectivity index (χ1v) is 8.67. The molecule has 1 aromatic carbocycles. The number of aromatic nitrogens is 2. The van der Waals surface area contributed by atoms with Crippen molar-refractivity contribution < 1.29 is 23.1 Å². The summed E-state index contributed by atoms with van der Waals surface area (Å²) in [5.41, 5.74) is 1.18. The van der Waals surface area contributed by atoms with Crippen LogP contribution in [0.1, 0.15) is 10.5 Å². The molecule has 0 atom stereocenters. The molecule has 27 heavy (non-hydrogen) atoms. The van der Waals surface area contributed by atoms with Crippen LogP contribution < -0.4 is 4.90 Å². The lowest BCUT2D eigenvalue weighted by molar-refractivity contribution is 0.0595. The molecule has 0 aliphatic carbocycles. The van der Waals surface area contributed by atoms with E-state index < -0.39 is 5.97 Å². The molecule has 2 aromatic heterocycles. The fourth-order valence-corrected chi connectivity index (χ4v) is 2.94. The van der Waals surface area contributed by atoms with Crippen molar-refractivity contribution in [3.63, 3.8) is 0 Å². The van der Waals surface area contributed by atoms with Gasteiger partial charge in [-0.3, -0.25) is 0 Å². The number of hydrogen-bond acceptors (Lipinski definition) is 8. The van der Waals surface area contributed by atoms with Crippen molar-refractivity contribution in [2.24, 2.45) is 0 Å². The Morgan fingerprint density at radius 1 is 1.22 bits per heavy atom. The molecular weight excluding hydrogens is 374 g/mol. The van der Waals surface area contributed by atoms with E-state index in [2.05, 4.69) is 9.97 Å². The highest BCUT2D eigenvalue weighted by Crippen LogP contribution is 2.37. The molecule has 140 valence electrons. The standard InChI is InChI=1S/C18H16ClN3O5/c1-24-18(23)14-15(26-10-20-14)13-17(22-6-8-25-9-7-22)27-16(21-13)11-2-4-12(19)5-3-11/h2-5,10H,6-9H2,1H3. The van der Waals surface area contributed by atoms with Crippen LogP contribution in [-0.2, 0) is 9.47 Å². The zero-order chi connectivity index (χ0) is 18.8. The predicted octanol–water partition coefficient (Wildman–Crippen LogP) is 3.27. The number of morpholine rings is 1. The minimum Gasteiger partial charge on any atom is -0.464 e. The van der Waals surface area contributed by atoms with E-state index in [-0.39, 0.29) is 11.5 Å². The van der Waals surface area contributed by atoms with Crippen LogP contribution in [0.4, 0.5) is 5.88 Å². The lowest BCUT2D eigenvalue weighted by Gasteiger charge is -2.26. The summed E-state index contributed by atoms with van der Waals surface area (Å²) < 4.78 is 21.7. The van der Waals surface area contributed by atoms with Crippen molar-refractivity contribution in [3.05, 3.63) is 41.4 Å². The van der Waals surface area contributed by atoms with E-state index in [9.17, 15) is 4.79 Å². The van der Waals surface area contributed by atoms with Gasteiger partial charge in [-0.25, -0.2) is 14.8 Å². The van der Waals surface area contributed by atoms with Gasteiger partial charge in [-0.05, 0) is 24.3 Å². The Morgan fingerprint density at radius 2 is 1.96 bits per heavy atom. The average molecular weight is 390 g/mol. The Morgan fingerprint density at radius 3 is 2.67 bits per heavy atom. The smallest absolute Gasteiger partial charge is 0.360 e. The van der Waals surface area contributed by atoms with Crippen LogP contribution in [0.15, 0.2) is 39.5 Å². The fraction of sp³-hybridized carbons (Fsp3) is 0.278. The number of rotatable bonds is 4. The summed E-state index contributed by atoms with van der Waals surface area (Å²) in [5.74, 6) is 0.468. The second-order valence-electron chi connectivity index (χ2n) is 5.80. The molecule has 9 heteroatoms. The number of anilines is 1. The fourth-order valence-electron chi connectivity index (χ4n) is 2.81. The van der Waals surface area contributed by atoms with Crippen LogP contribution in [0, 0.1) is 0 Å². The van der Waals surface area contributed by atoms with Crippen LogP contribution in [-0.4, -0.2) is 49.4 Å². The van der Waals surface area contributed by atoms with E-state index in [4.69, 9.17) is 29.9 Å². The second kappa shape index (κ2) is 7.42. The van der Waals surface area contributed by atoms with Crippen molar-refractivity contribution in [1.29, 1.82) is 0 Å². The second-order valence-corrected chi connectivity index (χ2v) is 6.24. The van der Waals surface area contributed by atoms with E-state index in [1.54, 1.807) is 12.1 Å². The molecule has 3 heterocycles. The summed E-state index contributed by atoms with van der Waals surface area (Å²) in [6.07, 6.45) is 1.18. The van der Waals surface area contributed by atoms with Crippen molar-refractivity contribution >= 4 is 23.5 Å². The predicted molar refractivity (Wildman–Crippen MR) is 96.8 cm³/mol. The Bertz CT molecular complexity index is 944. The lowest BCUT2D eigenvalue weighted by Crippen LogP contribution is -2.36. The molecule has 1 fully saturated rings. The van der Waals surface area contributed by atoms with Crippen LogP contribution in [0.3, 0.4) is 0 Å². The minimum absolute atomic E-state index is 0.0444. The van der Waals surface area contributed by atoms with E-state index in [0.29, 0.717) is 48.8 Å². The van der Waals surface area contributed by atoms with Crippen molar-refractivity contribution in [3.8, 4) is 22.9 Å². The summed E-state index contributed by atoms with van der Waals surface area (Å²) in [5, 5.41) is 0.613. The summed E-state index contributed by atoms with van der Waals surface area (Å²) in [6, 6.07) is 7.12. The highest BCUT2D eigenvalue weighted by Gasteiger charge is 2.29. The van der Waals surface area contributed by atoms with E-state index in [1.165, 1.54) is 13.5 Å². The zero-order valence-electron chi connectivity index (χ0n) is 14.5. The maximum Gasteiger partial charge on any atom is 0.360 e. The van der Waals surface area contributed by atoms with Crippen LogP contribution in [0.2, 0.25) is 5.02 Å². The molecule has 4 rings (SSSR count). The van der Waals surface area contributed by atoms with Crippen LogP contribution in [0.25, 0.3) is 22.9 Å². The monoisotopic (exact) mass is 389 g/mol. The maximum absolute atomic E-state index is 12.0. The number of hydrogen-bond donors (Lipinski definition) is 0. The van der Waals surface area contributed by atoms with Crippen LogP contribution >= 0.6 is 11.6 Å². The molecule has 1 aliphatic heterocycles. The highest BCUT2D eigenvalue weighted by atomic mass is 35.5. The minimum atomic E-state index is -0.609. The number of carbonyl (C=O) groups is 1. The number of benzene rings is 1. The van der Waals surface area contributed by atoms with Gasteiger partial charge in [0.1, 0.15) is 0 Å². The van der Waals surface area contributed by atoms with Crippen molar-refractivity contribution in [2.75, 3.05) is 38.3 Å². The molecule has 0 amide bonds. The molecule has 1 saturated heterocycles.